The molecule has 1 N–H and O–H groups in total. The van der Waals surface area contributed by atoms with Crippen molar-refractivity contribution in [2.24, 2.45) is 0 Å². The molecule has 25 heavy (non-hydrogen) atoms. The van der Waals surface area contributed by atoms with Gasteiger partial charge >= 0.3 is 5.97 Å². The van der Waals surface area contributed by atoms with Gasteiger partial charge in [-0.1, -0.05) is 15.9 Å². The molecule has 7 heteroatoms. The van der Waals surface area contributed by atoms with Gasteiger partial charge in [-0.25, -0.2) is 4.79 Å². The monoisotopic (exact) mass is 405 g/mol. The number of rotatable bonds is 4. The predicted octanol–water partition coefficient (Wildman–Crippen LogP) is 3.40. The summed E-state index contributed by atoms with van der Waals surface area (Å²) in [5, 5.41) is 2.70. The Morgan fingerprint density at radius 1 is 1.08 bits per heavy atom. The van der Waals surface area contributed by atoms with Crippen molar-refractivity contribution in [3.63, 3.8) is 0 Å². The third-order valence-corrected chi connectivity index (χ3v) is 4.07. The van der Waals surface area contributed by atoms with E-state index in [0.29, 0.717) is 36.0 Å². The molecule has 0 aromatic heterocycles. The summed E-state index contributed by atoms with van der Waals surface area (Å²) in [5.41, 5.74) is 0.919. The number of benzene rings is 2. The minimum absolute atomic E-state index is 0.377. The Morgan fingerprint density at radius 2 is 1.76 bits per heavy atom. The van der Waals surface area contributed by atoms with E-state index in [9.17, 15) is 9.59 Å². The SMILES string of the molecule is C[C@@H](OC(=O)c1ccc(Br)cc1)C(=O)Nc1ccc2c(c1)OCCO2. The van der Waals surface area contributed by atoms with E-state index in [4.69, 9.17) is 14.2 Å². The number of carbonyl (C=O) groups is 2. The van der Waals surface area contributed by atoms with E-state index in [1.807, 2.05) is 0 Å². The molecule has 0 fully saturated rings. The van der Waals surface area contributed by atoms with E-state index in [1.54, 1.807) is 42.5 Å². The zero-order valence-corrected chi connectivity index (χ0v) is 15.0. The van der Waals surface area contributed by atoms with Gasteiger partial charge in [0, 0.05) is 16.2 Å². The van der Waals surface area contributed by atoms with Crippen molar-refractivity contribution in [2.45, 2.75) is 13.0 Å². The van der Waals surface area contributed by atoms with Crippen LogP contribution in [0.2, 0.25) is 0 Å². The van der Waals surface area contributed by atoms with Gasteiger partial charge in [-0.2, -0.15) is 0 Å². The van der Waals surface area contributed by atoms with E-state index >= 15 is 0 Å². The van der Waals surface area contributed by atoms with Crippen LogP contribution in [-0.4, -0.2) is 31.2 Å². The molecular formula is C18H16BrNO5. The number of halogens is 1. The van der Waals surface area contributed by atoms with Crippen LogP contribution in [0.15, 0.2) is 46.9 Å². The highest BCUT2D eigenvalue weighted by Crippen LogP contribution is 2.32. The Labute approximate surface area is 153 Å². The van der Waals surface area contributed by atoms with Crippen molar-refractivity contribution in [1.29, 1.82) is 0 Å². The summed E-state index contributed by atoms with van der Waals surface area (Å²) in [4.78, 5) is 24.3. The second-order valence-electron chi connectivity index (χ2n) is 5.40. The number of anilines is 1. The maximum atomic E-state index is 12.2. The van der Waals surface area contributed by atoms with Crippen LogP contribution < -0.4 is 14.8 Å². The Hall–Kier alpha value is -2.54. The fourth-order valence-corrected chi connectivity index (χ4v) is 2.50. The molecule has 2 aromatic rings. The third-order valence-electron chi connectivity index (χ3n) is 3.54. The summed E-state index contributed by atoms with van der Waals surface area (Å²) in [6.07, 6.45) is -0.940. The standard InChI is InChI=1S/C18H16BrNO5/c1-11(25-18(22)12-2-4-13(19)5-3-12)17(21)20-14-6-7-15-16(10-14)24-9-8-23-15/h2-7,10-11H,8-9H2,1H3,(H,20,21)/t11-/m1/s1. The number of fused-ring (bicyclic) bond motifs is 1. The molecule has 0 saturated carbocycles. The number of hydrogen-bond donors (Lipinski definition) is 1. The first-order valence-corrected chi connectivity index (χ1v) is 8.49. The van der Waals surface area contributed by atoms with Gasteiger partial charge in [0.25, 0.3) is 5.91 Å². The Morgan fingerprint density at radius 3 is 2.48 bits per heavy atom. The number of hydrogen-bond acceptors (Lipinski definition) is 5. The lowest BCUT2D eigenvalue weighted by Gasteiger charge is -2.19. The van der Waals surface area contributed by atoms with Crippen molar-refractivity contribution in [3.05, 3.63) is 52.5 Å². The highest BCUT2D eigenvalue weighted by molar-refractivity contribution is 9.10. The lowest BCUT2D eigenvalue weighted by atomic mass is 10.2. The maximum absolute atomic E-state index is 12.2. The van der Waals surface area contributed by atoms with Gasteiger partial charge in [-0.05, 0) is 43.3 Å². The number of nitrogens with one attached hydrogen (secondary N) is 1. The average molecular weight is 406 g/mol. The number of amides is 1. The van der Waals surface area contributed by atoms with Crippen LogP contribution in [0.5, 0.6) is 11.5 Å². The van der Waals surface area contributed by atoms with Crippen LogP contribution in [0.25, 0.3) is 0 Å². The van der Waals surface area contributed by atoms with Crippen LogP contribution in [0.1, 0.15) is 17.3 Å². The van der Waals surface area contributed by atoms with E-state index in [1.165, 1.54) is 6.92 Å². The van der Waals surface area contributed by atoms with Crippen molar-refractivity contribution < 1.29 is 23.8 Å². The maximum Gasteiger partial charge on any atom is 0.338 e. The molecule has 1 atom stereocenters. The van der Waals surface area contributed by atoms with Crippen LogP contribution in [0.3, 0.4) is 0 Å². The minimum atomic E-state index is -0.940. The molecule has 0 spiro atoms. The third kappa shape index (κ3) is 4.30. The van der Waals surface area contributed by atoms with Gasteiger partial charge in [0.1, 0.15) is 13.2 Å². The highest BCUT2D eigenvalue weighted by Gasteiger charge is 2.20. The zero-order valence-electron chi connectivity index (χ0n) is 13.5. The van der Waals surface area contributed by atoms with E-state index in [2.05, 4.69) is 21.2 Å². The Bertz CT molecular complexity index is 791. The van der Waals surface area contributed by atoms with Crippen molar-refractivity contribution >= 4 is 33.5 Å². The summed E-state index contributed by atoms with van der Waals surface area (Å²) in [5.74, 6) is 0.224. The van der Waals surface area contributed by atoms with Crippen LogP contribution in [0, 0.1) is 0 Å². The summed E-state index contributed by atoms with van der Waals surface area (Å²) in [6.45, 7) is 2.48. The molecule has 6 nitrogen and oxygen atoms in total. The molecule has 1 aliphatic rings. The number of carbonyl (C=O) groups excluding carboxylic acids is 2. The lowest BCUT2D eigenvalue weighted by Crippen LogP contribution is -2.30. The molecule has 3 rings (SSSR count). The van der Waals surface area contributed by atoms with Crippen molar-refractivity contribution in [3.8, 4) is 11.5 Å². The molecule has 1 heterocycles. The zero-order chi connectivity index (χ0) is 17.8. The molecule has 0 radical (unpaired) electrons. The second-order valence-corrected chi connectivity index (χ2v) is 6.32. The quantitative estimate of drug-likeness (QED) is 0.788. The highest BCUT2D eigenvalue weighted by atomic mass is 79.9. The first-order chi connectivity index (χ1) is 12.0. The van der Waals surface area contributed by atoms with Crippen LogP contribution >= 0.6 is 15.9 Å². The smallest absolute Gasteiger partial charge is 0.338 e. The number of ether oxygens (including phenoxy) is 3. The molecule has 0 unspecified atom stereocenters. The van der Waals surface area contributed by atoms with Gasteiger partial charge in [-0.15, -0.1) is 0 Å². The summed E-state index contributed by atoms with van der Waals surface area (Å²) < 4.78 is 17.0. The molecule has 0 saturated heterocycles. The molecular weight excluding hydrogens is 390 g/mol. The fraction of sp³-hybridized carbons (Fsp3) is 0.222. The second kappa shape index (κ2) is 7.57. The first kappa shape index (κ1) is 17.3. The Kier molecular flexibility index (Phi) is 5.23. The van der Waals surface area contributed by atoms with Crippen molar-refractivity contribution in [2.75, 3.05) is 18.5 Å². The van der Waals surface area contributed by atoms with Gasteiger partial charge in [0.05, 0.1) is 5.56 Å². The van der Waals surface area contributed by atoms with Crippen LogP contribution in [0.4, 0.5) is 5.69 Å². The van der Waals surface area contributed by atoms with Gasteiger partial charge in [-0.3, -0.25) is 4.79 Å². The first-order valence-electron chi connectivity index (χ1n) is 7.70. The molecule has 1 amide bonds. The molecule has 2 aromatic carbocycles. The lowest BCUT2D eigenvalue weighted by molar-refractivity contribution is -0.123. The van der Waals surface area contributed by atoms with E-state index in [-0.39, 0.29) is 0 Å². The van der Waals surface area contributed by atoms with Gasteiger partial charge < -0.3 is 19.5 Å². The largest absolute Gasteiger partial charge is 0.486 e. The fourth-order valence-electron chi connectivity index (χ4n) is 2.23. The minimum Gasteiger partial charge on any atom is -0.486 e. The summed E-state index contributed by atoms with van der Waals surface area (Å²) in [6, 6.07) is 11.8. The topological polar surface area (TPSA) is 73.9 Å². The van der Waals surface area contributed by atoms with E-state index in [0.717, 1.165) is 4.47 Å². The Balaban J connectivity index is 1.60. The molecule has 1 aliphatic heterocycles. The van der Waals surface area contributed by atoms with Crippen molar-refractivity contribution in [1.82, 2.24) is 0 Å². The number of esters is 1. The van der Waals surface area contributed by atoms with Gasteiger partial charge in [0.2, 0.25) is 0 Å². The predicted molar refractivity (Wildman–Crippen MR) is 95.1 cm³/mol. The normalized spacial score (nSPS) is 13.7. The molecule has 130 valence electrons. The molecule has 0 bridgehead atoms. The van der Waals surface area contributed by atoms with Crippen LogP contribution in [-0.2, 0) is 9.53 Å². The van der Waals surface area contributed by atoms with Gasteiger partial charge in [0.15, 0.2) is 17.6 Å². The average Bonchev–Trinajstić information content (AvgIpc) is 2.62. The summed E-state index contributed by atoms with van der Waals surface area (Å²) in [7, 11) is 0. The summed E-state index contributed by atoms with van der Waals surface area (Å²) >= 11 is 3.30. The van der Waals surface area contributed by atoms with E-state index < -0.39 is 18.0 Å². The molecule has 0 aliphatic carbocycles.